The zero-order valence-corrected chi connectivity index (χ0v) is 15.4. The predicted octanol–water partition coefficient (Wildman–Crippen LogP) is 4.50. The summed E-state index contributed by atoms with van der Waals surface area (Å²) in [5.74, 6) is 3.37. The van der Waals surface area contributed by atoms with Gasteiger partial charge in [0.2, 0.25) is 0 Å². The summed E-state index contributed by atoms with van der Waals surface area (Å²) in [6, 6.07) is 1.51. The monoisotopic (exact) mass is 377 g/mol. The van der Waals surface area contributed by atoms with Gasteiger partial charge in [0.15, 0.2) is 11.6 Å². The molecule has 2 aromatic heterocycles. The van der Waals surface area contributed by atoms with Gasteiger partial charge in [-0.1, -0.05) is 23.4 Å². The van der Waals surface area contributed by atoms with Crippen LogP contribution in [-0.2, 0) is 6.54 Å². The first kappa shape index (κ1) is 18.4. The summed E-state index contributed by atoms with van der Waals surface area (Å²) in [6.07, 6.45) is 3.40. The standard InChI is InChI=1S/C19H18ClF2N3O/c1-4-25-10-14(13-9-23-24-18(13)20)12-8-11(6-5-7-19(2,3)26)15(21)16(22)17(12)25/h8-10,26H,4,7H2,1-3H3,(H,23,24). The van der Waals surface area contributed by atoms with Gasteiger partial charge in [-0.2, -0.15) is 5.10 Å². The van der Waals surface area contributed by atoms with E-state index in [4.69, 9.17) is 11.6 Å². The molecule has 136 valence electrons. The van der Waals surface area contributed by atoms with Gasteiger partial charge < -0.3 is 9.67 Å². The van der Waals surface area contributed by atoms with Crippen LogP contribution in [0.2, 0.25) is 5.15 Å². The van der Waals surface area contributed by atoms with Crippen LogP contribution in [0.4, 0.5) is 8.78 Å². The van der Waals surface area contributed by atoms with Crippen molar-refractivity contribution in [1.29, 1.82) is 0 Å². The lowest BCUT2D eigenvalue weighted by atomic mass is 10.0. The summed E-state index contributed by atoms with van der Waals surface area (Å²) in [7, 11) is 0. The van der Waals surface area contributed by atoms with Crippen LogP contribution in [0.15, 0.2) is 18.5 Å². The number of H-pyrrole nitrogens is 1. The normalized spacial score (nSPS) is 11.7. The summed E-state index contributed by atoms with van der Waals surface area (Å²) in [6.45, 7) is 5.50. The van der Waals surface area contributed by atoms with Gasteiger partial charge in [-0.3, -0.25) is 5.10 Å². The molecule has 26 heavy (non-hydrogen) atoms. The second-order valence-corrected chi connectivity index (χ2v) is 7.04. The number of aromatic amines is 1. The molecule has 0 saturated carbocycles. The third-order valence-corrected chi connectivity index (χ3v) is 4.30. The van der Waals surface area contributed by atoms with Crippen LogP contribution in [0.5, 0.6) is 0 Å². The number of aromatic nitrogens is 3. The third kappa shape index (κ3) is 3.33. The van der Waals surface area contributed by atoms with Crippen molar-refractivity contribution in [3.05, 3.63) is 40.8 Å². The molecule has 0 aliphatic heterocycles. The van der Waals surface area contributed by atoms with E-state index in [1.54, 1.807) is 24.6 Å². The zero-order valence-electron chi connectivity index (χ0n) is 14.6. The van der Waals surface area contributed by atoms with E-state index in [1.807, 2.05) is 6.92 Å². The van der Waals surface area contributed by atoms with E-state index >= 15 is 0 Å². The van der Waals surface area contributed by atoms with Crippen molar-refractivity contribution in [2.45, 2.75) is 39.3 Å². The average molecular weight is 378 g/mol. The minimum atomic E-state index is -1.01. The summed E-state index contributed by atoms with van der Waals surface area (Å²) in [4.78, 5) is 0. The molecular formula is C19H18ClF2N3O. The van der Waals surface area contributed by atoms with Crippen LogP contribution < -0.4 is 0 Å². The van der Waals surface area contributed by atoms with Crippen molar-refractivity contribution < 1.29 is 13.9 Å². The number of aliphatic hydroxyl groups is 1. The molecular weight excluding hydrogens is 360 g/mol. The van der Waals surface area contributed by atoms with E-state index in [1.165, 1.54) is 12.3 Å². The fourth-order valence-corrected chi connectivity index (χ4v) is 2.96. The van der Waals surface area contributed by atoms with Gasteiger partial charge in [0.25, 0.3) is 0 Å². The van der Waals surface area contributed by atoms with Gasteiger partial charge >= 0.3 is 0 Å². The van der Waals surface area contributed by atoms with E-state index in [-0.39, 0.29) is 17.5 Å². The van der Waals surface area contributed by atoms with E-state index in [9.17, 15) is 13.9 Å². The highest BCUT2D eigenvalue weighted by molar-refractivity contribution is 6.32. The highest BCUT2D eigenvalue weighted by atomic mass is 35.5. The highest BCUT2D eigenvalue weighted by Gasteiger charge is 2.21. The molecule has 4 nitrogen and oxygen atoms in total. The summed E-state index contributed by atoms with van der Waals surface area (Å²) in [5, 5.41) is 17.1. The minimum Gasteiger partial charge on any atom is -0.389 e. The highest BCUT2D eigenvalue weighted by Crippen LogP contribution is 2.36. The molecule has 0 aliphatic rings. The molecule has 0 unspecified atom stereocenters. The van der Waals surface area contributed by atoms with Crippen LogP contribution in [0.25, 0.3) is 22.0 Å². The molecule has 0 atom stereocenters. The summed E-state index contributed by atoms with van der Waals surface area (Å²) >= 11 is 6.12. The molecule has 2 heterocycles. The molecule has 7 heteroatoms. The van der Waals surface area contributed by atoms with E-state index in [2.05, 4.69) is 22.0 Å². The van der Waals surface area contributed by atoms with Gasteiger partial charge in [0.1, 0.15) is 5.15 Å². The Morgan fingerprint density at radius 3 is 2.62 bits per heavy atom. The fourth-order valence-electron chi connectivity index (χ4n) is 2.76. The van der Waals surface area contributed by atoms with E-state index in [0.717, 1.165) is 0 Å². The molecule has 0 radical (unpaired) electrons. The predicted molar refractivity (Wildman–Crippen MR) is 97.9 cm³/mol. The maximum absolute atomic E-state index is 14.8. The molecule has 0 bridgehead atoms. The van der Waals surface area contributed by atoms with Crippen molar-refractivity contribution in [3.8, 4) is 23.0 Å². The lowest BCUT2D eigenvalue weighted by molar-refractivity contribution is 0.0862. The van der Waals surface area contributed by atoms with E-state index < -0.39 is 17.2 Å². The largest absolute Gasteiger partial charge is 0.389 e. The number of aryl methyl sites for hydroxylation is 1. The Morgan fingerprint density at radius 2 is 2.04 bits per heavy atom. The molecule has 1 aromatic carbocycles. The number of nitrogens with zero attached hydrogens (tertiary/aromatic N) is 2. The maximum Gasteiger partial charge on any atom is 0.184 e. The second kappa shape index (κ2) is 6.75. The maximum atomic E-state index is 14.8. The Labute approximate surface area is 154 Å². The number of hydrogen-bond donors (Lipinski definition) is 2. The topological polar surface area (TPSA) is 53.8 Å². The Hall–Kier alpha value is -2.36. The molecule has 0 spiro atoms. The third-order valence-electron chi connectivity index (χ3n) is 4.01. The lowest BCUT2D eigenvalue weighted by Gasteiger charge is -2.11. The Bertz CT molecular complexity index is 1040. The summed E-state index contributed by atoms with van der Waals surface area (Å²) < 4.78 is 30.9. The smallest absolute Gasteiger partial charge is 0.184 e. The molecule has 3 aromatic rings. The fraction of sp³-hybridized carbons (Fsp3) is 0.316. The first-order valence-electron chi connectivity index (χ1n) is 8.14. The molecule has 0 saturated heterocycles. The van der Waals surface area contributed by atoms with Gasteiger partial charge in [-0.15, -0.1) is 0 Å². The van der Waals surface area contributed by atoms with Crippen molar-refractivity contribution in [3.63, 3.8) is 0 Å². The summed E-state index contributed by atoms with van der Waals surface area (Å²) in [5.41, 5.74) is 0.335. The van der Waals surface area contributed by atoms with Gasteiger partial charge in [-0.25, -0.2) is 8.78 Å². The van der Waals surface area contributed by atoms with Crippen molar-refractivity contribution in [2.24, 2.45) is 0 Å². The van der Waals surface area contributed by atoms with Crippen molar-refractivity contribution in [2.75, 3.05) is 0 Å². The number of halogens is 3. The van der Waals surface area contributed by atoms with Crippen molar-refractivity contribution >= 4 is 22.5 Å². The number of benzene rings is 1. The SMILES string of the molecule is CCn1cc(-c2cn[nH]c2Cl)c2cc(C#CCC(C)(C)O)c(F)c(F)c21. The Balaban J connectivity index is 2.24. The second-order valence-electron chi connectivity index (χ2n) is 6.67. The van der Waals surface area contributed by atoms with Crippen LogP contribution in [0, 0.1) is 23.5 Å². The molecule has 3 rings (SSSR count). The van der Waals surface area contributed by atoms with Gasteiger partial charge in [0, 0.05) is 35.7 Å². The van der Waals surface area contributed by atoms with Crippen molar-refractivity contribution in [1.82, 2.24) is 14.8 Å². The average Bonchev–Trinajstić information content (AvgIpc) is 3.13. The molecule has 0 aliphatic carbocycles. The number of nitrogens with one attached hydrogen (secondary N) is 1. The Morgan fingerprint density at radius 1 is 1.31 bits per heavy atom. The number of fused-ring (bicyclic) bond motifs is 1. The van der Waals surface area contributed by atoms with Crippen LogP contribution in [0.1, 0.15) is 32.8 Å². The lowest BCUT2D eigenvalue weighted by Crippen LogP contribution is -2.16. The molecule has 2 N–H and O–H groups in total. The first-order chi connectivity index (χ1) is 12.2. The van der Waals surface area contributed by atoms with Crippen LogP contribution >= 0.6 is 11.6 Å². The quantitative estimate of drug-likeness (QED) is 0.660. The van der Waals surface area contributed by atoms with Crippen LogP contribution in [-0.4, -0.2) is 25.5 Å². The zero-order chi connectivity index (χ0) is 19.1. The molecule has 0 fully saturated rings. The van der Waals surface area contributed by atoms with Crippen LogP contribution in [0.3, 0.4) is 0 Å². The first-order valence-corrected chi connectivity index (χ1v) is 8.52. The minimum absolute atomic E-state index is 0.0611. The molecule has 0 amide bonds. The number of hydrogen-bond acceptors (Lipinski definition) is 2. The van der Waals surface area contributed by atoms with Gasteiger partial charge in [-0.05, 0) is 26.8 Å². The Kier molecular flexibility index (Phi) is 4.78. The van der Waals surface area contributed by atoms with Gasteiger partial charge in [0.05, 0.1) is 22.9 Å². The van der Waals surface area contributed by atoms with E-state index in [0.29, 0.717) is 28.2 Å². The number of rotatable bonds is 3.